The summed E-state index contributed by atoms with van der Waals surface area (Å²) in [7, 11) is 0. The lowest BCUT2D eigenvalue weighted by Gasteiger charge is -2.29. The number of carbonyl (C=O) groups is 8. The van der Waals surface area contributed by atoms with E-state index in [4.69, 9.17) is 4.74 Å². The monoisotopic (exact) mass is 844 g/mol. The van der Waals surface area contributed by atoms with Gasteiger partial charge in [-0.25, -0.2) is 9.80 Å². The highest BCUT2D eigenvalue weighted by molar-refractivity contribution is 5.99. The molecular weight excluding hydrogens is 793 g/mol. The number of aliphatic hydroxyl groups excluding tert-OH is 1. The normalized spacial score (nSPS) is 13.3. The number of rotatable bonds is 22. The Balaban J connectivity index is 1.76. The molecule has 0 unspecified atom stereocenters. The van der Waals surface area contributed by atoms with Crippen molar-refractivity contribution >= 4 is 47.6 Å². The van der Waals surface area contributed by atoms with E-state index >= 15 is 0 Å². The molecule has 0 aliphatic carbocycles. The zero-order chi connectivity index (χ0) is 44.9. The van der Waals surface area contributed by atoms with Gasteiger partial charge in [-0.15, -0.1) is 0 Å². The van der Waals surface area contributed by atoms with Gasteiger partial charge in [-0.1, -0.05) is 111 Å². The van der Waals surface area contributed by atoms with Gasteiger partial charge >= 0.3 is 18.0 Å². The Morgan fingerprint density at radius 2 is 1.18 bits per heavy atom. The highest BCUT2D eigenvalue weighted by Gasteiger charge is 2.34. The topological polar surface area (TPSA) is 261 Å². The minimum atomic E-state index is -1.88. The number of hydrogen-bond acceptors (Lipinski definition) is 10. The first-order valence-electron chi connectivity index (χ1n) is 19.4. The molecule has 61 heavy (non-hydrogen) atoms. The summed E-state index contributed by atoms with van der Waals surface area (Å²) in [6, 6.07) is 22.1. The largest absolute Gasteiger partial charge is 0.481 e. The van der Waals surface area contributed by atoms with Gasteiger partial charge in [-0.05, 0) is 36.0 Å². The first kappa shape index (κ1) is 48.3. The zero-order valence-corrected chi connectivity index (χ0v) is 34.1. The van der Waals surface area contributed by atoms with Crippen LogP contribution in [0, 0.1) is 5.92 Å². The summed E-state index contributed by atoms with van der Waals surface area (Å²) in [6.07, 6.45) is -1.65. The second kappa shape index (κ2) is 24.8. The second-order valence-corrected chi connectivity index (χ2v) is 14.1. The molecule has 0 fully saturated rings. The quantitative estimate of drug-likeness (QED) is 0.0568. The Hall–Kier alpha value is -7.08. The molecule has 0 saturated heterocycles. The molecule has 7 N–H and O–H groups in total. The number of amides is 6. The Kier molecular flexibility index (Phi) is 19.6. The third kappa shape index (κ3) is 17.0. The number of aliphatic carboxylic acids is 2. The van der Waals surface area contributed by atoms with Gasteiger partial charge < -0.3 is 40.9 Å². The van der Waals surface area contributed by atoms with Crippen LogP contribution in [-0.4, -0.2) is 104 Å². The molecule has 3 aromatic carbocycles. The van der Waals surface area contributed by atoms with Crippen LogP contribution >= 0.6 is 0 Å². The zero-order valence-electron chi connectivity index (χ0n) is 34.1. The molecule has 326 valence electrons. The van der Waals surface area contributed by atoms with Crippen molar-refractivity contribution in [3.05, 3.63) is 120 Å². The van der Waals surface area contributed by atoms with Crippen LogP contribution in [0.1, 0.15) is 56.7 Å². The molecule has 3 rings (SSSR count). The minimum Gasteiger partial charge on any atom is -0.481 e. The lowest BCUT2D eigenvalue weighted by molar-refractivity contribution is -0.149. The van der Waals surface area contributed by atoms with Gasteiger partial charge in [0.15, 0.2) is 0 Å². The lowest BCUT2D eigenvalue weighted by atomic mass is 9.97. The maximum Gasteiger partial charge on any atom is 0.408 e. The van der Waals surface area contributed by atoms with Gasteiger partial charge in [0.1, 0.15) is 31.3 Å². The van der Waals surface area contributed by atoms with Crippen LogP contribution in [0.2, 0.25) is 0 Å². The van der Waals surface area contributed by atoms with E-state index in [1.165, 1.54) is 4.90 Å². The number of nitrogens with zero attached hydrogens (tertiary/aromatic N) is 2. The van der Waals surface area contributed by atoms with Crippen molar-refractivity contribution < 1.29 is 58.4 Å². The summed E-state index contributed by atoms with van der Waals surface area (Å²) >= 11 is 0. The SMILES string of the molecule is CC[C@H](C)[C@H](NC(=O)OCc1ccccc1)C(=O)N[C@@H](CCC(=O)O)C(=O)N[C@H](C(=O)NN(CC(=O)O)C(=O)/C=C/C(=O)N(Cc1ccccc1)Cc1ccccc1)[C@@H](C)O. The molecule has 0 spiro atoms. The summed E-state index contributed by atoms with van der Waals surface area (Å²) in [4.78, 5) is 105. The minimum absolute atomic E-state index is 0.0972. The van der Waals surface area contributed by atoms with E-state index in [1.807, 2.05) is 36.4 Å². The predicted molar refractivity (Wildman–Crippen MR) is 219 cm³/mol. The molecule has 5 atom stereocenters. The molecule has 3 aromatic rings. The van der Waals surface area contributed by atoms with Crippen LogP contribution in [0.5, 0.6) is 0 Å². The lowest BCUT2D eigenvalue weighted by Crippen LogP contribution is -2.61. The highest BCUT2D eigenvalue weighted by atomic mass is 16.5. The predicted octanol–water partition coefficient (Wildman–Crippen LogP) is 2.27. The third-order valence-electron chi connectivity index (χ3n) is 9.24. The number of ether oxygens (including phenoxy) is 1. The number of hydrazine groups is 1. The van der Waals surface area contributed by atoms with Crippen molar-refractivity contribution in [2.75, 3.05) is 6.54 Å². The fraction of sp³-hybridized carbons (Fsp3) is 0.349. The van der Waals surface area contributed by atoms with Crippen LogP contribution in [-0.2, 0) is 58.0 Å². The second-order valence-electron chi connectivity index (χ2n) is 14.1. The van der Waals surface area contributed by atoms with E-state index in [0.29, 0.717) is 17.0 Å². The number of carboxylic acids is 2. The first-order valence-corrected chi connectivity index (χ1v) is 19.4. The summed E-state index contributed by atoms with van der Waals surface area (Å²) in [5.74, 6) is -8.40. The van der Waals surface area contributed by atoms with E-state index in [1.54, 1.807) is 68.4 Å². The molecule has 0 aliphatic rings. The maximum atomic E-state index is 13.6. The Bertz CT molecular complexity index is 1940. The molecule has 0 saturated carbocycles. The van der Waals surface area contributed by atoms with Gasteiger partial charge in [-0.3, -0.25) is 39.0 Å². The molecule has 18 nitrogen and oxygen atoms in total. The van der Waals surface area contributed by atoms with Crippen molar-refractivity contribution in [2.45, 2.75) is 84.0 Å². The Labute approximate surface area is 352 Å². The molecule has 6 amide bonds. The summed E-state index contributed by atoms with van der Waals surface area (Å²) < 4.78 is 5.25. The van der Waals surface area contributed by atoms with E-state index in [0.717, 1.165) is 30.2 Å². The van der Waals surface area contributed by atoms with Gasteiger partial charge in [-0.2, -0.15) is 0 Å². The fourth-order valence-corrected chi connectivity index (χ4v) is 5.72. The smallest absolute Gasteiger partial charge is 0.408 e. The van der Waals surface area contributed by atoms with E-state index in [9.17, 15) is 53.7 Å². The molecule has 0 aromatic heterocycles. The van der Waals surface area contributed by atoms with Crippen LogP contribution in [0.25, 0.3) is 0 Å². The van der Waals surface area contributed by atoms with Gasteiger partial charge in [0, 0.05) is 31.7 Å². The highest BCUT2D eigenvalue weighted by Crippen LogP contribution is 2.13. The summed E-state index contributed by atoms with van der Waals surface area (Å²) in [5, 5.41) is 36.9. The average molecular weight is 845 g/mol. The molecule has 0 aliphatic heterocycles. The Morgan fingerprint density at radius 1 is 0.656 bits per heavy atom. The van der Waals surface area contributed by atoms with E-state index in [2.05, 4.69) is 21.4 Å². The van der Waals surface area contributed by atoms with Crippen LogP contribution in [0.4, 0.5) is 4.79 Å². The Morgan fingerprint density at radius 3 is 1.67 bits per heavy atom. The number of carbonyl (C=O) groups excluding carboxylic acids is 6. The third-order valence-corrected chi connectivity index (χ3v) is 9.24. The molecule has 0 heterocycles. The standard InChI is InChI=1S/C43H52N6O12/c1-4-28(2)38(46-43(60)61-27-32-18-12-7-13-19-32)41(58)44-33(20-23-36(53)54)40(57)45-39(29(3)50)42(59)47-49(26-37(55)56)35(52)22-21-34(51)48(24-30-14-8-5-9-15-30)25-31-16-10-6-11-17-31/h5-19,21-22,28-29,33,38-39,50H,4,20,23-27H2,1-3H3,(H,44,58)(H,45,57)(H,46,60)(H,47,59)(H,53,54)(H,55,56)/b22-21+/t28-,29+,33-,38-,39-/m0/s1. The van der Waals surface area contributed by atoms with Gasteiger partial charge in [0.05, 0.1) is 6.10 Å². The number of alkyl carbamates (subject to hydrolysis) is 1. The number of carboxylic acid groups (broad SMARTS) is 2. The maximum absolute atomic E-state index is 13.6. The van der Waals surface area contributed by atoms with Crippen molar-refractivity contribution in [2.24, 2.45) is 5.92 Å². The number of aliphatic hydroxyl groups is 1. The fourth-order valence-electron chi connectivity index (χ4n) is 5.72. The number of hydrogen-bond donors (Lipinski definition) is 7. The van der Waals surface area contributed by atoms with Gasteiger partial charge in [0.25, 0.3) is 11.8 Å². The van der Waals surface area contributed by atoms with Crippen LogP contribution < -0.4 is 21.4 Å². The van der Waals surface area contributed by atoms with E-state index in [-0.39, 0.29) is 19.7 Å². The number of benzene rings is 3. The van der Waals surface area contributed by atoms with Gasteiger partial charge in [0.2, 0.25) is 17.7 Å². The summed E-state index contributed by atoms with van der Waals surface area (Å²) in [6.45, 7) is 3.65. The van der Waals surface area contributed by atoms with Crippen molar-refractivity contribution in [3.63, 3.8) is 0 Å². The molecule has 0 radical (unpaired) electrons. The summed E-state index contributed by atoms with van der Waals surface area (Å²) in [5.41, 5.74) is 4.34. The van der Waals surface area contributed by atoms with Crippen LogP contribution in [0.3, 0.4) is 0 Å². The first-order chi connectivity index (χ1) is 29.1. The van der Waals surface area contributed by atoms with E-state index < -0.39 is 97.1 Å². The van der Waals surface area contributed by atoms with Crippen LogP contribution in [0.15, 0.2) is 103 Å². The average Bonchev–Trinajstić information content (AvgIpc) is 3.24. The molecular formula is C43H52N6O12. The van der Waals surface area contributed by atoms with Crippen molar-refractivity contribution in [1.82, 2.24) is 31.3 Å². The van der Waals surface area contributed by atoms with Crippen molar-refractivity contribution in [1.29, 1.82) is 0 Å². The number of nitrogens with one attached hydrogen (secondary N) is 4. The molecule has 0 bridgehead atoms. The van der Waals surface area contributed by atoms with Crippen molar-refractivity contribution in [3.8, 4) is 0 Å². The molecule has 18 heteroatoms.